The molecule has 0 atom stereocenters. The van der Waals surface area contributed by atoms with Crippen LogP contribution in [-0.2, 0) is 6.42 Å². The summed E-state index contributed by atoms with van der Waals surface area (Å²) in [6.45, 7) is 5.12. The third-order valence-corrected chi connectivity index (χ3v) is 3.38. The van der Waals surface area contributed by atoms with Gasteiger partial charge in [0.15, 0.2) is 5.58 Å². The van der Waals surface area contributed by atoms with Crippen molar-refractivity contribution in [3.05, 3.63) is 48.0 Å². The number of fused-ring (bicyclic) bond motifs is 1. The molecule has 20 heavy (non-hydrogen) atoms. The van der Waals surface area contributed by atoms with Crippen LogP contribution in [0.2, 0.25) is 0 Å². The molecule has 3 heteroatoms. The van der Waals surface area contributed by atoms with Crippen molar-refractivity contribution in [2.75, 3.05) is 11.9 Å². The maximum Gasteiger partial charge on any atom is 0.227 e. The molecule has 3 nitrogen and oxygen atoms in total. The number of aromatic nitrogens is 1. The van der Waals surface area contributed by atoms with Gasteiger partial charge in [0.1, 0.15) is 5.52 Å². The van der Waals surface area contributed by atoms with Gasteiger partial charge in [-0.3, -0.25) is 0 Å². The van der Waals surface area contributed by atoms with Gasteiger partial charge in [0.2, 0.25) is 5.89 Å². The Bertz CT molecular complexity index is 713. The maximum absolute atomic E-state index is 5.86. The van der Waals surface area contributed by atoms with E-state index in [1.807, 2.05) is 18.2 Å². The van der Waals surface area contributed by atoms with Gasteiger partial charge in [0.25, 0.3) is 0 Å². The van der Waals surface area contributed by atoms with Gasteiger partial charge < -0.3 is 9.73 Å². The summed E-state index contributed by atoms with van der Waals surface area (Å²) in [6, 6.07) is 14.4. The quantitative estimate of drug-likeness (QED) is 0.756. The minimum Gasteiger partial charge on any atom is -0.436 e. The molecule has 0 amide bonds. The molecule has 1 heterocycles. The molecule has 1 N–H and O–H groups in total. The molecule has 0 aliphatic rings. The van der Waals surface area contributed by atoms with Gasteiger partial charge in [-0.05, 0) is 43.2 Å². The normalized spacial score (nSPS) is 10.9. The molecule has 0 saturated heterocycles. The van der Waals surface area contributed by atoms with Crippen LogP contribution in [0.3, 0.4) is 0 Å². The van der Waals surface area contributed by atoms with E-state index < -0.39 is 0 Å². The van der Waals surface area contributed by atoms with Gasteiger partial charge in [-0.15, -0.1) is 0 Å². The highest BCUT2D eigenvalue weighted by atomic mass is 16.3. The molecule has 0 fully saturated rings. The molecule has 3 aromatic rings. The van der Waals surface area contributed by atoms with Crippen molar-refractivity contribution in [3.8, 4) is 11.5 Å². The molecule has 0 unspecified atom stereocenters. The number of rotatable bonds is 4. The average molecular weight is 266 g/mol. The minimum atomic E-state index is 0.677. The first kappa shape index (κ1) is 12.7. The van der Waals surface area contributed by atoms with Crippen molar-refractivity contribution in [1.29, 1.82) is 0 Å². The number of benzene rings is 2. The first-order valence-corrected chi connectivity index (χ1v) is 7.04. The Kier molecular flexibility index (Phi) is 3.42. The second-order valence-corrected chi connectivity index (χ2v) is 4.78. The van der Waals surface area contributed by atoms with E-state index in [1.165, 1.54) is 5.56 Å². The van der Waals surface area contributed by atoms with Crippen LogP contribution in [-0.4, -0.2) is 11.5 Å². The Hall–Kier alpha value is -2.29. The summed E-state index contributed by atoms with van der Waals surface area (Å²) in [4.78, 5) is 4.55. The van der Waals surface area contributed by atoms with Crippen LogP contribution in [0.15, 0.2) is 46.9 Å². The summed E-state index contributed by atoms with van der Waals surface area (Å²) >= 11 is 0. The predicted octanol–water partition coefficient (Wildman–Crippen LogP) is 4.49. The number of anilines is 1. The Morgan fingerprint density at radius 2 is 1.85 bits per heavy atom. The molecule has 3 rings (SSSR count). The van der Waals surface area contributed by atoms with E-state index in [2.05, 4.69) is 48.4 Å². The van der Waals surface area contributed by atoms with E-state index in [0.29, 0.717) is 5.89 Å². The van der Waals surface area contributed by atoms with Gasteiger partial charge in [-0.2, -0.15) is 0 Å². The lowest BCUT2D eigenvalue weighted by molar-refractivity contribution is 0.620. The Morgan fingerprint density at radius 3 is 2.55 bits per heavy atom. The molecule has 0 bridgehead atoms. The third-order valence-electron chi connectivity index (χ3n) is 3.38. The lowest BCUT2D eigenvalue weighted by Gasteiger charge is -2.00. The van der Waals surface area contributed by atoms with Gasteiger partial charge in [-0.25, -0.2) is 4.98 Å². The SMILES string of the molecule is CCNc1ccc2nc(-c3ccc(CC)cc3)oc2c1. The van der Waals surface area contributed by atoms with Crippen LogP contribution in [0.4, 0.5) is 5.69 Å². The van der Waals surface area contributed by atoms with Crippen molar-refractivity contribution in [2.45, 2.75) is 20.3 Å². The number of hydrogen-bond donors (Lipinski definition) is 1. The predicted molar refractivity (Wildman–Crippen MR) is 83.0 cm³/mol. The molecular formula is C17H18N2O. The lowest BCUT2D eigenvalue weighted by atomic mass is 10.1. The summed E-state index contributed by atoms with van der Waals surface area (Å²) in [6.07, 6.45) is 1.04. The Morgan fingerprint density at radius 1 is 1.05 bits per heavy atom. The Labute approximate surface area is 118 Å². The number of oxazole rings is 1. The van der Waals surface area contributed by atoms with E-state index in [1.54, 1.807) is 0 Å². The molecule has 102 valence electrons. The van der Waals surface area contributed by atoms with Crippen molar-refractivity contribution in [2.24, 2.45) is 0 Å². The minimum absolute atomic E-state index is 0.677. The molecular weight excluding hydrogens is 248 g/mol. The fourth-order valence-corrected chi connectivity index (χ4v) is 2.25. The smallest absolute Gasteiger partial charge is 0.227 e. The molecule has 1 aromatic heterocycles. The van der Waals surface area contributed by atoms with Crippen molar-refractivity contribution < 1.29 is 4.42 Å². The number of aryl methyl sites for hydroxylation is 1. The molecule has 0 saturated carbocycles. The maximum atomic E-state index is 5.86. The summed E-state index contributed by atoms with van der Waals surface area (Å²) in [5.41, 5.74) is 5.10. The second kappa shape index (κ2) is 5.37. The zero-order chi connectivity index (χ0) is 13.9. The van der Waals surface area contributed by atoms with E-state index >= 15 is 0 Å². The van der Waals surface area contributed by atoms with Gasteiger partial charge in [-0.1, -0.05) is 19.1 Å². The molecule has 0 aliphatic carbocycles. The fourth-order valence-electron chi connectivity index (χ4n) is 2.25. The summed E-state index contributed by atoms with van der Waals surface area (Å²) in [5, 5.41) is 3.28. The van der Waals surface area contributed by atoms with E-state index in [9.17, 15) is 0 Å². The lowest BCUT2D eigenvalue weighted by Crippen LogP contribution is -1.95. The number of nitrogens with zero attached hydrogens (tertiary/aromatic N) is 1. The molecule has 0 radical (unpaired) electrons. The van der Waals surface area contributed by atoms with Gasteiger partial charge in [0.05, 0.1) is 0 Å². The van der Waals surface area contributed by atoms with Crippen LogP contribution >= 0.6 is 0 Å². The highest BCUT2D eigenvalue weighted by Gasteiger charge is 2.08. The van der Waals surface area contributed by atoms with Crippen LogP contribution < -0.4 is 5.32 Å². The molecule has 0 spiro atoms. The van der Waals surface area contributed by atoms with E-state index in [-0.39, 0.29) is 0 Å². The van der Waals surface area contributed by atoms with Crippen LogP contribution in [0.25, 0.3) is 22.6 Å². The van der Waals surface area contributed by atoms with Gasteiger partial charge >= 0.3 is 0 Å². The summed E-state index contributed by atoms with van der Waals surface area (Å²) in [5.74, 6) is 0.677. The van der Waals surface area contributed by atoms with Crippen molar-refractivity contribution in [1.82, 2.24) is 4.98 Å². The largest absolute Gasteiger partial charge is 0.436 e. The fraction of sp³-hybridized carbons (Fsp3) is 0.235. The van der Waals surface area contributed by atoms with E-state index in [0.717, 1.165) is 35.3 Å². The van der Waals surface area contributed by atoms with Crippen molar-refractivity contribution >= 4 is 16.8 Å². The van der Waals surface area contributed by atoms with Crippen LogP contribution in [0.5, 0.6) is 0 Å². The van der Waals surface area contributed by atoms with Crippen LogP contribution in [0.1, 0.15) is 19.4 Å². The third kappa shape index (κ3) is 2.39. The standard InChI is InChI=1S/C17H18N2O/c1-3-12-5-7-13(8-6-12)17-19-15-10-9-14(18-4-2)11-16(15)20-17/h5-11,18H,3-4H2,1-2H3. The Balaban J connectivity index is 1.98. The zero-order valence-corrected chi connectivity index (χ0v) is 11.8. The highest BCUT2D eigenvalue weighted by molar-refractivity contribution is 5.79. The number of nitrogens with one attached hydrogen (secondary N) is 1. The second-order valence-electron chi connectivity index (χ2n) is 4.78. The van der Waals surface area contributed by atoms with E-state index in [4.69, 9.17) is 4.42 Å². The highest BCUT2D eigenvalue weighted by Crippen LogP contribution is 2.26. The first-order chi connectivity index (χ1) is 9.80. The number of hydrogen-bond acceptors (Lipinski definition) is 3. The topological polar surface area (TPSA) is 38.1 Å². The monoisotopic (exact) mass is 266 g/mol. The van der Waals surface area contributed by atoms with Gasteiger partial charge in [0, 0.05) is 23.9 Å². The average Bonchev–Trinajstić information content (AvgIpc) is 2.91. The summed E-state index contributed by atoms with van der Waals surface area (Å²) < 4.78 is 5.86. The van der Waals surface area contributed by atoms with Crippen LogP contribution in [0, 0.1) is 0 Å². The molecule has 2 aromatic carbocycles. The first-order valence-electron chi connectivity index (χ1n) is 7.04. The summed E-state index contributed by atoms with van der Waals surface area (Å²) in [7, 11) is 0. The zero-order valence-electron chi connectivity index (χ0n) is 11.8. The van der Waals surface area contributed by atoms with Crippen molar-refractivity contribution in [3.63, 3.8) is 0 Å². The molecule has 0 aliphatic heterocycles.